The predicted molar refractivity (Wildman–Crippen MR) is 109 cm³/mol. The van der Waals surface area contributed by atoms with Crippen LogP contribution in [0.2, 0.25) is 5.15 Å². The number of rotatable bonds is 6. The molecule has 0 fully saturated rings. The van der Waals surface area contributed by atoms with E-state index in [2.05, 4.69) is 10.3 Å². The Bertz CT molecular complexity index is 979. The lowest BCUT2D eigenvalue weighted by atomic mass is 10.1. The summed E-state index contributed by atoms with van der Waals surface area (Å²) in [5.74, 6) is -0.362. The number of benzene rings is 2. The van der Waals surface area contributed by atoms with Gasteiger partial charge < -0.3 is 15.0 Å². The van der Waals surface area contributed by atoms with E-state index in [4.69, 9.17) is 16.3 Å². The van der Waals surface area contributed by atoms with Crippen molar-refractivity contribution < 1.29 is 13.9 Å². The average molecular weight is 402 g/mol. The molecule has 7 heteroatoms. The van der Waals surface area contributed by atoms with E-state index in [0.29, 0.717) is 24.0 Å². The van der Waals surface area contributed by atoms with E-state index in [0.717, 1.165) is 22.0 Å². The molecule has 0 unspecified atom stereocenters. The number of methoxy groups -OCH3 is 1. The van der Waals surface area contributed by atoms with Crippen LogP contribution in [0.5, 0.6) is 0 Å². The van der Waals surface area contributed by atoms with E-state index >= 15 is 0 Å². The number of hydrogen-bond acceptors (Lipinski definition) is 3. The number of carbonyl (C=O) groups is 1. The molecule has 0 atom stereocenters. The number of nitrogens with zero attached hydrogens (tertiary/aromatic N) is 2. The minimum atomic E-state index is -0.362. The maximum Gasteiger partial charge on any atom is 0.322 e. The van der Waals surface area contributed by atoms with E-state index in [1.54, 1.807) is 12.0 Å². The van der Waals surface area contributed by atoms with Gasteiger partial charge in [0.1, 0.15) is 11.0 Å². The molecule has 0 saturated heterocycles. The Morgan fingerprint density at radius 3 is 2.68 bits per heavy atom. The average Bonchev–Trinajstić information content (AvgIpc) is 2.67. The second kappa shape index (κ2) is 8.99. The van der Waals surface area contributed by atoms with Gasteiger partial charge in [-0.15, -0.1) is 0 Å². The Kier molecular flexibility index (Phi) is 6.44. The molecule has 0 spiro atoms. The third kappa shape index (κ3) is 4.97. The van der Waals surface area contributed by atoms with Crippen LogP contribution in [0.1, 0.15) is 11.1 Å². The number of hydrogen-bond donors (Lipinski definition) is 1. The summed E-state index contributed by atoms with van der Waals surface area (Å²) in [6.45, 7) is 3.02. The molecule has 0 aliphatic carbocycles. The summed E-state index contributed by atoms with van der Waals surface area (Å²) in [6, 6.07) is 13.1. The van der Waals surface area contributed by atoms with Crippen LogP contribution in [-0.4, -0.2) is 36.2 Å². The fraction of sp³-hybridized carbons (Fsp3) is 0.238. The monoisotopic (exact) mass is 401 g/mol. The number of fused-ring (bicyclic) bond motifs is 1. The number of amides is 2. The second-order valence-corrected chi connectivity index (χ2v) is 6.84. The number of nitrogens with one attached hydrogen (secondary N) is 1. The summed E-state index contributed by atoms with van der Waals surface area (Å²) < 4.78 is 18.2. The summed E-state index contributed by atoms with van der Waals surface area (Å²) >= 11 is 6.36. The van der Waals surface area contributed by atoms with Crippen molar-refractivity contribution in [2.75, 3.05) is 25.6 Å². The number of ether oxygens (including phenoxy) is 1. The molecular formula is C21H21ClFN3O2. The fourth-order valence-corrected chi connectivity index (χ4v) is 3.03. The molecule has 3 rings (SSSR count). The first kappa shape index (κ1) is 20.0. The third-order valence-corrected chi connectivity index (χ3v) is 4.63. The first-order valence-corrected chi connectivity index (χ1v) is 9.20. The van der Waals surface area contributed by atoms with Crippen LogP contribution < -0.4 is 5.32 Å². The van der Waals surface area contributed by atoms with Gasteiger partial charge in [0.05, 0.1) is 18.7 Å². The van der Waals surface area contributed by atoms with Crippen LogP contribution in [-0.2, 0) is 11.3 Å². The van der Waals surface area contributed by atoms with Crippen molar-refractivity contribution in [2.24, 2.45) is 0 Å². The van der Waals surface area contributed by atoms with Crippen LogP contribution in [0.25, 0.3) is 10.9 Å². The van der Waals surface area contributed by atoms with Crippen molar-refractivity contribution in [1.29, 1.82) is 0 Å². The van der Waals surface area contributed by atoms with E-state index in [9.17, 15) is 9.18 Å². The van der Waals surface area contributed by atoms with Gasteiger partial charge in [-0.25, -0.2) is 14.2 Å². The first-order chi connectivity index (χ1) is 13.5. The maximum absolute atomic E-state index is 13.1. The highest BCUT2D eigenvalue weighted by atomic mass is 35.5. The standard InChI is InChI=1S/C21H21ClFN3O2/c1-14-3-8-19-15(11-14)12-16(20(22)25-19)13-26(9-10-28-2)21(27)24-18-6-4-17(23)5-7-18/h3-8,11-12H,9-10,13H2,1-2H3,(H,24,27). The summed E-state index contributed by atoms with van der Waals surface area (Å²) in [4.78, 5) is 18.8. The highest BCUT2D eigenvalue weighted by Crippen LogP contribution is 2.23. The Hall–Kier alpha value is -2.70. The zero-order chi connectivity index (χ0) is 20.1. The Morgan fingerprint density at radius 1 is 1.21 bits per heavy atom. The molecular weight excluding hydrogens is 381 g/mol. The van der Waals surface area contributed by atoms with Gasteiger partial charge in [-0.05, 0) is 49.4 Å². The molecule has 146 valence electrons. The lowest BCUT2D eigenvalue weighted by Gasteiger charge is -2.23. The molecule has 1 N–H and O–H groups in total. The number of halogens is 2. The minimum absolute atomic E-state index is 0.270. The van der Waals surface area contributed by atoms with Crippen LogP contribution in [0, 0.1) is 12.7 Å². The quantitative estimate of drug-likeness (QED) is 0.590. The summed E-state index contributed by atoms with van der Waals surface area (Å²) in [7, 11) is 1.57. The van der Waals surface area contributed by atoms with E-state index in [-0.39, 0.29) is 18.4 Å². The molecule has 5 nitrogen and oxygen atoms in total. The number of pyridine rings is 1. The fourth-order valence-electron chi connectivity index (χ4n) is 2.82. The minimum Gasteiger partial charge on any atom is -0.383 e. The molecule has 0 aliphatic heterocycles. The molecule has 1 heterocycles. The van der Waals surface area contributed by atoms with Gasteiger partial charge in [0.25, 0.3) is 0 Å². The van der Waals surface area contributed by atoms with Crippen molar-refractivity contribution in [2.45, 2.75) is 13.5 Å². The molecule has 0 radical (unpaired) electrons. The largest absolute Gasteiger partial charge is 0.383 e. The molecule has 2 aromatic carbocycles. The number of urea groups is 1. The zero-order valence-electron chi connectivity index (χ0n) is 15.7. The van der Waals surface area contributed by atoms with E-state index < -0.39 is 0 Å². The zero-order valence-corrected chi connectivity index (χ0v) is 16.5. The first-order valence-electron chi connectivity index (χ1n) is 8.82. The van der Waals surface area contributed by atoms with Crippen LogP contribution in [0.3, 0.4) is 0 Å². The maximum atomic E-state index is 13.1. The molecule has 0 saturated carbocycles. The number of aromatic nitrogens is 1. The number of aryl methyl sites for hydroxylation is 1. The number of anilines is 1. The second-order valence-electron chi connectivity index (χ2n) is 6.49. The Labute approximate surface area is 168 Å². The third-order valence-electron chi connectivity index (χ3n) is 4.31. The van der Waals surface area contributed by atoms with Gasteiger partial charge in [0.2, 0.25) is 0 Å². The van der Waals surface area contributed by atoms with Crippen molar-refractivity contribution in [1.82, 2.24) is 9.88 Å². The van der Waals surface area contributed by atoms with Gasteiger partial charge >= 0.3 is 6.03 Å². The summed E-state index contributed by atoms with van der Waals surface area (Å²) in [5, 5.41) is 4.08. The summed E-state index contributed by atoms with van der Waals surface area (Å²) in [5.41, 5.74) is 3.17. The predicted octanol–water partition coefficient (Wildman–Crippen LogP) is 5.02. The van der Waals surface area contributed by atoms with Gasteiger partial charge in [-0.1, -0.05) is 23.2 Å². The Morgan fingerprint density at radius 2 is 1.96 bits per heavy atom. The van der Waals surface area contributed by atoms with Crippen molar-refractivity contribution in [3.8, 4) is 0 Å². The molecule has 2 amide bonds. The molecule has 0 bridgehead atoms. The normalized spacial score (nSPS) is 10.9. The van der Waals surface area contributed by atoms with Gasteiger partial charge in [0, 0.05) is 30.3 Å². The smallest absolute Gasteiger partial charge is 0.322 e. The topological polar surface area (TPSA) is 54.5 Å². The van der Waals surface area contributed by atoms with Crippen molar-refractivity contribution >= 4 is 34.2 Å². The van der Waals surface area contributed by atoms with Crippen LogP contribution in [0.4, 0.5) is 14.9 Å². The Balaban J connectivity index is 1.83. The van der Waals surface area contributed by atoms with E-state index in [1.165, 1.54) is 24.3 Å². The lowest BCUT2D eigenvalue weighted by molar-refractivity contribution is 0.153. The molecule has 1 aromatic heterocycles. The molecule has 28 heavy (non-hydrogen) atoms. The van der Waals surface area contributed by atoms with Crippen LogP contribution >= 0.6 is 11.6 Å². The lowest BCUT2D eigenvalue weighted by Crippen LogP contribution is -2.37. The molecule has 0 aliphatic rings. The highest BCUT2D eigenvalue weighted by Gasteiger charge is 2.17. The van der Waals surface area contributed by atoms with Gasteiger partial charge in [-0.3, -0.25) is 0 Å². The molecule has 3 aromatic rings. The highest BCUT2D eigenvalue weighted by molar-refractivity contribution is 6.30. The number of carbonyl (C=O) groups excluding carboxylic acids is 1. The van der Waals surface area contributed by atoms with Crippen LogP contribution in [0.15, 0.2) is 48.5 Å². The van der Waals surface area contributed by atoms with Gasteiger partial charge in [-0.2, -0.15) is 0 Å². The SMILES string of the molecule is COCCN(Cc1cc2cc(C)ccc2nc1Cl)C(=O)Nc1ccc(F)cc1. The van der Waals surface area contributed by atoms with E-state index in [1.807, 2.05) is 31.2 Å². The van der Waals surface area contributed by atoms with Gasteiger partial charge in [0.15, 0.2) is 0 Å². The van der Waals surface area contributed by atoms with Crippen molar-refractivity contribution in [3.63, 3.8) is 0 Å². The van der Waals surface area contributed by atoms with Crippen molar-refractivity contribution in [3.05, 3.63) is 70.6 Å². The summed E-state index contributed by atoms with van der Waals surface area (Å²) in [6.07, 6.45) is 0.